The molecule has 3 fully saturated rings. The van der Waals surface area contributed by atoms with E-state index in [0.717, 1.165) is 25.7 Å². The molecule has 2 heterocycles. The number of nitrogens with zero attached hydrogens (tertiary/aromatic N) is 3. The van der Waals surface area contributed by atoms with Crippen molar-refractivity contribution in [3.63, 3.8) is 0 Å². The zero-order valence-electron chi connectivity index (χ0n) is 17.9. The van der Waals surface area contributed by atoms with Gasteiger partial charge in [0, 0.05) is 44.7 Å². The molecule has 0 aromatic heterocycles. The highest BCUT2D eigenvalue weighted by molar-refractivity contribution is 6.05. The summed E-state index contributed by atoms with van der Waals surface area (Å²) < 4.78 is 0. The average Bonchev–Trinajstić information content (AvgIpc) is 2.90. The van der Waals surface area contributed by atoms with E-state index < -0.39 is 0 Å². The van der Waals surface area contributed by atoms with Crippen LogP contribution in [0.15, 0.2) is 0 Å². The van der Waals surface area contributed by atoms with Crippen molar-refractivity contribution in [1.82, 2.24) is 20.0 Å². The monoisotopic (exact) mass is 406 g/mol. The Bertz CT molecular complexity index is 640. The van der Waals surface area contributed by atoms with E-state index in [1.165, 1.54) is 4.90 Å². The van der Waals surface area contributed by atoms with Crippen molar-refractivity contribution in [3.05, 3.63) is 0 Å². The first kappa shape index (κ1) is 21.7. The average molecular weight is 407 g/mol. The van der Waals surface area contributed by atoms with Crippen molar-refractivity contribution in [2.75, 3.05) is 39.3 Å². The molecule has 1 aliphatic carbocycles. The van der Waals surface area contributed by atoms with Crippen LogP contribution in [0.1, 0.15) is 52.9 Å². The minimum absolute atomic E-state index is 0.00944. The number of likely N-dealkylation sites (tertiary alicyclic amines) is 1. The van der Waals surface area contributed by atoms with Crippen LogP contribution in [0.4, 0.5) is 0 Å². The standard InChI is InChI=1S/C21H34N4O4/c1-21(2,3)22-17(26)14-23-10-12-24(13-11-23)18(27)8-9-25-19(28)15-6-4-5-7-16(15)20(25)29/h15-16H,4-14H2,1-3H3,(H,22,26)/t15-,16-/m0/s1. The second kappa shape index (κ2) is 8.81. The molecule has 162 valence electrons. The summed E-state index contributed by atoms with van der Waals surface area (Å²) in [5, 5.41) is 2.95. The van der Waals surface area contributed by atoms with E-state index >= 15 is 0 Å². The van der Waals surface area contributed by atoms with E-state index in [4.69, 9.17) is 0 Å². The molecule has 3 aliphatic rings. The van der Waals surface area contributed by atoms with Crippen LogP contribution in [0.25, 0.3) is 0 Å². The van der Waals surface area contributed by atoms with Gasteiger partial charge < -0.3 is 10.2 Å². The van der Waals surface area contributed by atoms with Crippen molar-refractivity contribution in [3.8, 4) is 0 Å². The molecular formula is C21H34N4O4. The van der Waals surface area contributed by atoms with Gasteiger partial charge in [-0.25, -0.2) is 0 Å². The first-order chi connectivity index (χ1) is 13.7. The van der Waals surface area contributed by atoms with E-state index in [-0.39, 0.29) is 54.0 Å². The summed E-state index contributed by atoms with van der Waals surface area (Å²) in [6.07, 6.45) is 3.78. The number of fused-ring (bicyclic) bond motifs is 1. The highest BCUT2D eigenvalue weighted by Crippen LogP contribution is 2.38. The molecular weight excluding hydrogens is 372 g/mol. The summed E-state index contributed by atoms with van der Waals surface area (Å²) in [5.41, 5.74) is -0.253. The van der Waals surface area contributed by atoms with Crippen LogP contribution in [0.2, 0.25) is 0 Å². The van der Waals surface area contributed by atoms with Crippen molar-refractivity contribution < 1.29 is 19.2 Å². The predicted octanol–water partition coefficient (Wildman–Crippen LogP) is 0.611. The lowest BCUT2D eigenvalue weighted by Gasteiger charge is -2.35. The fourth-order valence-electron chi connectivity index (χ4n) is 4.63. The Balaban J connectivity index is 1.42. The maximum atomic E-state index is 12.6. The normalized spacial score (nSPS) is 25.9. The number of piperazine rings is 1. The van der Waals surface area contributed by atoms with Crippen molar-refractivity contribution in [2.45, 2.75) is 58.4 Å². The topological polar surface area (TPSA) is 90.0 Å². The Morgan fingerprint density at radius 3 is 2.03 bits per heavy atom. The van der Waals surface area contributed by atoms with Crippen LogP contribution in [-0.2, 0) is 19.2 Å². The molecule has 4 amide bonds. The number of carbonyl (C=O) groups excluding carboxylic acids is 4. The molecule has 8 nitrogen and oxygen atoms in total. The Kier molecular flexibility index (Phi) is 6.61. The van der Waals surface area contributed by atoms with Crippen LogP contribution in [0, 0.1) is 11.8 Å². The molecule has 0 aromatic carbocycles. The van der Waals surface area contributed by atoms with E-state index in [1.807, 2.05) is 25.7 Å². The maximum Gasteiger partial charge on any atom is 0.234 e. The minimum Gasteiger partial charge on any atom is -0.350 e. The van der Waals surface area contributed by atoms with Gasteiger partial charge in [0.05, 0.1) is 18.4 Å². The number of hydrogen-bond acceptors (Lipinski definition) is 5. The lowest BCUT2D eigenvalue weighted by molar-refractivity contribution is -0.141. The van der Waals surface area contributed by atoms with Gasteiger partial charge in [0.25, 0.3) is 0 Å². The summed E-state index contributed by atoms with van der Waals surface area (Å²) in [6, 6.07) is 0. The molecule has 0 radical (unpaired) electrons. The number of rotatable bonds is 5. The quantitative estimate of drug-likeness (QED) is 0.676. The summed E-state index contributed by atoms with van der Waals surface area (Å²) in [6.45, 7) is 8.80. The fraction of sp³-hybridized carbons (Fsp3) is 0.810. The van der Waals surface area contributed by atoms with Gasteiger partial charge in [0.1, 0.15) is 0 Å². The molecule has 1 saturated carbocycles. The molecule has 29 heavy (non-hydrogen) atoms. The van der Waals surface area contributed by atoms with E-state index in [0.29, 0.717) is 32.7 Å². The molecule has 0 bridgehead atoms. The van der Waals surface area contributed by atoms with Crippen LogP contribution < -0.4 is 5.32 Å². The van der Waals surface area contributed by atoms with E-state index in [9.17, 15) is 19.2 Å². The van der Waals surface area contributed by atoms with Gasteiger partial charge in [0.15, 0.2) is 0 Å². The van der Waals surface area contributed by atoms with E-state index in [2.05, 4.69) is 5.32 Å². The highest BCUT2D eigenvalue weighted by atomic mass is 16.2. The summed E-state index contributed by atoms with van der Waals surface area (Å²) in [5.74, 6) is -0.517. The zero-order chi connectivity index (χ0) is 21.2. The number of imide groups is 1. The summed E-state index contributed by atoms with van der Waals surface area (Å²) in [4.78, 5) is 54.8. The minimum atomic E-state index is -0.253. The highest BCUT2D eigenvalue weighted by Gasteiger charge is 2.47. The molecule has 0 aromatic rings. The maximum absolute atomic E-state index is 12.6. The Morgan fingerprint density at radius 1 is 0.966 bits per heavy atom. The SMILES string of the molecule is CC(C)(C)NC(=O)CN1CCN(C(=O)CCN2C(=O)[C@H]3CCCC[C@@H]3C2=O)CC1. The molecule has 8 heteroatoms. The lowest BCUT2D eigenvalue weighted by Crippen LogP contribution is -2.53. The first-order valence-electron chi connectivity index (χ1n) is 10.8. The molecule has 0 spiro atoms. The largest absolute Gasteiger partial charge is 0.350 e. The number of nitrogens with one attached hydrogen (secondary N) is 1. The first-order valence-corrected chi connectivity index (χ1v) is 10.8. The summed E-state index contributed by atoms with van der Waals surface area (Å²) >= 11 is 0. The lowest BCUT2D eigenvalue weighted by atomic mass is 9.81. The molecule has 2 aliphatic heterocycles. The third kappa shape index (κ3) is 5.35. The Hall–Kier alpha value is -1.96. The van der Waals surface area contributed by atoms with Gasteiger partial charge in [-0.3, -0.25) is 29.0 Å². The summed E-state index contributed by atoms with van der Waals surface area (Å²) in [7, 11) is 0. The van der Waals surface area contributed by atoms with Gasteiger partial charge in [-0.1, -0.05) is 12.8 Å². The Labute approximate surface area is 172 Å². The second-order valence-corrected chi connectivity index (χ2v) is 9.53. The van der Waals surface area contributed by atoms with Crippen LogP contribution in [0.3, 0.4) is 0 Å². The third-order valence-electron chi connectivity index (χ3n) is 6.09. The smallest absolute Gasteiger partial charge is 0.234 e. The zero-order valence-corrected chi connectivity index (χ0v) is 17.9. The number of hydrogen-bond donors (Lipinski definition) is 1. The molecule has 0 unspecified atom stereocenters. The van der Waals surface area contributed by atoms with Gasteiger partial charge in [0.2, 0.25) is 23.6 Å². The van der Waals surface area contributed by atoms with Crippen molar-refractivity contribution in [2.24, 2.45) is 11.8 Å². The van der Waals surface area contributed by atoms with Gasteiger partial charge in [-0.05, 0) is 33.6 Å². The number of amides is 4. The van der Waals surface area contributed by atoms with Crippen LogP contribution >= 0.6 is 0 Å². The fourth-order valence-corrected chi connectivity index (χ4v) is 4.63. The number of carbonyl (C=O) groups is 4. The van der Waals surface area contributed by atoms with Crippen LogP contribution in [0.5, 0.6) is 0 Å². The van der Waals surface area contributed by atoms with Gasteiger partial charge in [-0.15, -0.1) is 0 Å². The molecule has 2 saturated heterocycles. The Morgan fingerprint density at radius 2 is 1.52 bits per heavy atom. The van der Waals surface area contributed by atoms with Gasteiger partial charge in [-0.2, -0.15) is 0 Å². The molecule has 3 rings (SSSR count). The molecule has 2 atom stereocenters. The van der Waals surface area contributed by atoms with Crippen molar-refractivity contribution in [1.29, 1.82) is 0 Å². The second-order valence-electron chi connectivity index (χ2n) is 9.53. The third-order valence-corrected chi connectivity index (χ3v) is 6.09. The molecule has 1 N–H and O–H groups in total. The van der Waals surface area contributed by atoms with Crippen molar-refractivity contribution >= 4 is 23.6 Å². The van der Waals surface area contributed by atoms with Gasteiger partial charge >= 0.3 is 0 Å². The predicted molar refractivity (Wildman–Crippen MR) is 108 cm³/mol. The van der Waals surface area contributed by atoms with E-state index in [1.54, 1.807) is 4.90 Å². The van der Waals surface area contributed by atoms with Crippen LogP contribution in [-0.4, -0.2) is 83.1 Å².